The van der Waals surface area contributed by atoms with Gasteiger partial charge in [-0.05, 0) is 31.0 Å². The molecule has 1 aliphatic rings. The Bertz CT molecular complexity index is 1070. The third-order valence-electron chi connectivity index (χ3n) is 5.84. The molecular weight excluding hydrogens is 479 g/mol. The molecular formula is C24H30F3N5O4. The van der Waals surface area contributed by atoms with Crippen molar-refractivity contribution in [3.8, 4) is 5.75 Å². The molecule has 9 nitrogen and oxygen atoms in total. The van der Waals surface area contributed by atoms with Gasteiger partial charge in [0.1, 0.15) is 17.1 Å². The first-order chi connectivity index (χ1) is 17.1. The van der Waals surface area contributed by atoms with Crippen molar-refractivity contribution in [1.82, 2.24) is 9.88 Å². The molecule has 1 aromatic carbocycles. The lowest BCUT2D eigenvalue weighted by atomic mass is 10.1. The van der Waals surface area contributed by atoms with Gasteiger partial charge in [-0.25, -0.2) is 4.98 Å². The van der Waals surface area contributed by atoms with E-state index in [9.17, 15) is 18.0 Å². The summed E-state index contributed by atoms with van der Waals surface area (Å²) in [7, 11) is 4.61. The number of nitrogens with zero attached hydrogens (tertiary/aromatic N) is 3. The van der Waals surface area contributed by atoms with Gasteiger partial charge in [0.25, 0.3) is 5.91 Å². The van der Waals surface area contributed by atoms with Gasteiger partial charge in [-0.3, -0.25) is 14.7 Å². The number of hydrogen-bond donors (Lipinski definition) is 2. The van der Waals surface area contributed by atoms with Crippen molar-refractivity contribution < 1.29 is 32.2 Å². The summed E-state index contributed by atoms with van der Waals surface area (Å²) in [5.74, 6) is -0.561. The van der Waals surface area contributed by atoms with Crippen LogP contribution in [0.25, 0.3) is 0 Å². The molecule has 36 heavy (non-hydrogen) atoms. The molecule has 0 aliphatic carbocycles. The molecule has 1 aliphatic heterocycles. The predicted octanol–water partition coefficient (Wildman–Crippen LogP) is 3.45. The van der Waals surface area contributed by atoms with E-state index >= 15 is 0 Å². The van der Waals surface area contributed by atoms with E-state index in [2.05, 4.69) is 20.2 Å². The highest BCUT2D eigenvalue weighted by atomic mass is 19.4. The minimum atomic E-state index is -4.66. The second kappa shape index (κ2) is 12.2. The van der Waals surface area contributed by atoms with Crippen LogP contribution < -0.4 is 15.8 Å². The molecule has 1 amide bonds. The van der Waals surface area contributed by atoms with Crippen molar-refractivity contribution in [2.75, 3.05) is 52.0 Å². The first-order valence-corrected chi connectivity index (χ1v) is 11.3. The van der Waals surface area contributed by atoms with Crippen LogP contribution in [0.15, 0.2) is 35.3 Å². The number of methoxy groups -OCH3 is 3. The van der Waals surface area contributed by atoms with Crippen LogP contribution in [0.5, 0.6) is 5.75 Å². The highest BCUT2D eigenvalue weighted by Crippen LogP contribution is 2.31. The lowest BCUT2D eigenvalue weighted by Crippen LogP contribution is -2.41. The molecule has 196 valence electrons. The van der Waals surface area contributed by atoms with Crippen molar-refractivity contribution in [1.29, 1.82) is 0 Å². The Morgan fingerprint density at radius 1 is 1.25 bits per heavy atom. The lowest BCUT2D eigenvalue weighted by Gasteiger charge is -2.32. The van der Waals surface area contributed by atoms with Crippen LogP contribution in [0.2, 0.25) is 0 Å². The molecule has 0 spiro atoms. The number of amides is 1. The molecule has 0 atom stereocenters. The zero-order valence-corrected chi connectivity index (χ0v) is 20.3. The standard InChI is InChI=1S/C24H30F3N5O4/c1-34-20-12-17(28)15(13-29-16-7-9-32(10-8-16)14-22(35-2)36-3)11-19(20)31-23(33)18-5-4-6-21(30-18)24(25,26)27/h4-6,11-13,16,22H,7-10,14,28H2,1-3H3,(H,31,33). The van der Waals surface area contributed by atoms with Crippen molar-refractivity contribution in [2.24, 2.45) is 4.99 Å². The summed E-state index contributed by atoms with van der Waals surface area (Å²) in [5, 5.41) is 2.56. The summed E-state index contributed by atoms with van der Waals surface area (Å²) in [4.78, 5) is 23.0. The van der Waals surface area contributed by atoms with Gasteiger partial charge in [0.05, 0.1) is 18.8 Å². The van der Waals surface area contributed by atoms with Gasteiger partial charge >= 0.3 is 6.18 Å². The summed E-state index contributed by atoms with van der Waals surface area (Å²) in [5.41, 5.74) is 5.77. The number of aliphatic imine (C=N–C) groups is 1. The van der Waals surface area contributed by atoms with Crippen molar-refractivity contribution in [3.05, 3.63) is 47.3 Å². The molecule has 1 saturated heterocycles. The van der Waals surface area contributed by atoms with Crippen LogP contribution in [0.1, 0.15) is 34.6 Å². The normalized spacial score (nSPS) is 15.5. The number of anilines is 2. The van der Waals surface area contributed by atoms with E-state index in [0.717, 1.165) is 38.1 Å². The Labute approximate surface area is 207 Å². The number of pyridine rings is 1. The number of rotatable bonds is 9. The summed E-state index contributed by atoms with van der Waals surface area (Å²) in [6, 6.07) is 6.31. The third-order valence-corrected chi connectivity index (χ3v) is 5.84. The van der Waals surface area contributed by atoms with Crippen LogP contribution in [0.3, 0.4) is 0 Å². The minimum Gasteiger partial charge on any atom is -0.494 e. The van der Waals surface area contributed by atoms with E-state index in [-0.39, 0.29) is 29.5 Å². The van der Waals surface area contributed by atoms with Gasteiger partial charge in [-0.1, -0.05) is 6.07 Å². The molecule has 0 bridgehead atoms. The fourth-order valence-electron chi connectivity index (χ4n) is 3.79. The first kappa shape index (κ1) is 27.4. The molecule has 0 saturated carbocycles. The number of aromatic nitrogens is 1. The second-order valence-electron chi connectivity index (χ2n) is 8.25. The van der Waals surface area contributed by atoms with Gasteiger partial charge in [0.15, 0.2) is 6.29 Å². The SMILES string of the molecule is COc1cc(N)c(C=NC2CCN(CC(OC)OC)CC2)cc1NC(=O)c1cccc(C(F)(F)F)n1. The number of piperidine rings is 1. The molecule has 3 N–H and O–H groups in total. The minimum absolute atomic E-state index is 0.0960. The average Bonchev–Trinajstić information content (AvgIpc) is 2.87. The van der Waals surface area contributed by atoms with Crippen LogP contribution >= 0.6 is 0 Å². The predicted molar refractivity (Wildman–Crippen MR) is 129 cm³/mol. The van der Waals surface area contributed by atoms with Crippen LogP contribution in [-0.4, -0.2) is 75.3 Å². The number of hydrogen-bond acceptors (Lipinski definition) is 8. The number of carbonyl (C=O) groups is 1. The van der Waals surface area contributed by atoms with Gasteiger partial charge in [0, 0.05) is 57.4 Å². The number of carbonyl (C=O) groups excluding carboxylic acids is 1. The number of likely N-dealkylation sites (tertiary alicyclic amines) is 1. The maximum Gasteiger partial charge on any atom is 0.433 e. The third kappa shape index (κ3) is 7.15. The first-order valence-electron chi connectivity index (χ1n) is 11.3. The van der Waals surface area contributed by atoms with Crippen LogP contribution in [-0.2, 0) is 15.7 Å². The van der Waals surface area contributed by atoms with Crippen LogP contribution in [0, 0.1) is 0 Å². The van der Waals surface area contributed by atoms with Crippen molar-refractivity contribution in [3.63, 3.8) is 0 Å². The van der Waals surface area contributed by atoms with Gasteiger partial charge < -0.3 is 25.3 Å². The Kier molecular flexibility index (Phi) is 9.24. The molecule has 2 heterocycles. The van der Waals surface area contributed by atoms with E-state index in [0.29, 0.717) is 17.8 Å². The zero-order valence-electron chi connectivity index (χ0n) is 20.3. The smallest absolute Gasteiger partial charge is 0.433 e. The molecule has 3 rings (SSSR count). The summed E-state index contributed by atoms with van der Waals surface area (Å²) in [6.07, 6.45) is -1.61. The zero-order chi connectivity index (χ0) is 26.3. The maximum atomic E-state index is 13.0. The summed E-state index contributed by atoms with van der Waals surface area (Å²) in [6.45, 7) is 2.36. The number of nitrogens with one attached hydrogen (secondary N) is 1. The second-order valence-corrected chi connectivity index (χ2v) is 8.25. The van der Waals surface area contributed by atoms with Crippen molar-refractivity contribution in [2.45, 2.75) is 31.3 Å². The fraction of sp³-hybridized carbons (Fsp3) is 0.458. The van der Waals surface area contributed by atoms with E-state index in [1.54, 1.807) is 26.5 Å². The topological polar surface area (TPSA) is 111 Å². The molecule has 1 aromatic heterocycles. The molecule has 0 unspecified atom stereocenters. The van der Waals surface area contributed by atoms with E-state index in [4.69, 9.17) is 19.9 Å². The fourth-order valence-corrected chi connectivity index (χ4v) is 3.79. The quantitative estimate of drug-likeness (QED) is 0.303. The number of nitrogens with two attached hydrogens (primary N) is 1. The number of nitrogen functional groups attached to an aromatic ring is 1. The largest absolute Gasteiger partial charge is 0.494 e. The molecule has 1 fully saturated rings. The Morgan fingerprint density at radius 2 is 1.94 bits per heavy atom. The van der Waals surface area contributed by atoms with E-state index in [1.807, 2.05) is 0 Å². The Balaban J connectivity index is 1.70. The molecule has 0 radical (unpaired) electrons. The van der Waals surface area contributed by atoms with Gasteiger partial charge in [-0.2, -0.15) is 13.2 Å². The average molecular weight is 510 g/mol. The number of benzene rings is 1. The highest BCUT2D eigenvalue weighted by molar-refractivity contribution is 6.04. The van der Waals surface area contributed by atoms with Crippen molar-refractivity contribution >= 4 is 23.5 Å². The highest BCUT2D eigenvalue weighted by Gasteiger charge is 2.33. The summed E-state index contributed by atoms with van der Waals surface area (Å²) >= 11 is 0. The maximum absolute atomic E-state index is 13.0. The number of alkyl halides is 3. The van der Waals surface area contributed by atoms with Gasteiger partial charge in [0.2, 0.25) is 0 Å². The van der Waals surface area contributed by atoms with Gasteiger partial charge in [-0.15, -0.1) is 0 Å². The summed E-state index contributed by atoms with van der Waals surface area (Å²) < 4.78 is 54.7. The number of ether oxygens (including phenoxy) is 3. The van der Waals surface area contributed by atoms with E-state index in [1.165, 1.54) is 19.2 Å². The Morgan fingerprint density at radius 3 is 2.56 bits per heavy atom. The monoisotopic (exact) mass is 509 g/mol. The van der Waals surface area contributed by atoms with E-state index < -0.39 is 17.8 Å². The van der Waals surface area contributed by atoms with Crippen LogP contribution in [0.4, 0.5) is 24.5 Å². The molecule has 2 aromatic rings. The molecule has 12 heteroatoms. The lowest BCUT2D eigenvalue weighted by molar-refractivity contribution is -0.141. The Hall–Kier alpha value is -3.22. The number of halogens is 3.